The number of carbonyl (C=O) groups is 1. The minimum absolute atomic E-state index is 0.0819. The first-order chi connectivity index (χ1) is 10.5. The number of furan rings is 1. The molecule has 3 rings (SSSR count). The Morgan fingerprint density at radius 1 is 1.32 bits per heavy atom. The van der Waals surface area contributed by atoms with Gasteiger partial charge in [-0.15, -0.1) is 0 Å². The van der Waals surface area contributed by atoms with E-state index in [0.717, 1.165) is 6.33 Å². The molecule has 0 amide bonds. The lowest BCUT2D eigenvalue weighted by Gasteiger charge is -1.98. The lowest BCUT2D eigenvalue weighted by Crippen LogP contribution is -2.09. The molecule has 0 fully saturated rings. The highest BCUT2D eigenvalue weighted by Gasteiger charge is 2.25. The molecule has 1 aromatic carbocycles. The number of nitro benzene ring substituents is 1. The van der Waals surface area contributed by atoms with Crippen molar-refractivity contribution >= 4 is 22.8 Å². The van der Waals surface area contributed by atoms with Crippen molar-refractivity contribution in [3.63, 3.8) is 0 Å². The second-order valence-electron chi connectivity index (χ2n) is 4.33. The Labute approximate surface area is 121 Å². The van der Waals surface area contributed by atoms with Crippen LogP contribution >= 0.6 is 0 Å². The summed E-state index contributed by atoms with van der Waals surface area (Å²) in [6.45, 7) is 0. The van der Waals surface area contributed by atoms with Crippen molar-refractivity contribution in [3.8, 4) is 11.3 Å². The van der Waals surface area contributed by atoms with E-state index in [1.807, 2.05) is 0 Å². The number of carboxylic acids is 1. The van der Waals surface area contributed by atoms with Crippen LogP contribution < -0.4 is 5.56 Å². The van der Waals surface area contributed by atoms with Crippen LogP contribution in [0.15, 0.2) is 39.8 Å². The van der Waals surface area contributed by atoms with Crippen LogP contribution in [0.25, 0.3) is 22.4 Å². The van der Waals surface area contributed by atoms with Gasteiger partial charge in [0.05, 0.1) is 11.3 Å². The van der Waals surface area contributed by atoms with Crippen LogP contribution in [-0.4, -0.2) is 26.0 Å². The predicted molar refractivity (Wildman–Crippen MR) is 73.7 cm³/mol. The molecule has 22 heavy (non-hydrogen) atoms. The fourth-order valence-corrected chi connectivity index (χ4v) is 2.08. The molecule has 0 unspecified atom stereocenters. The molecule has 0 saturated heterocycles. The zero-order valence-electron chi connectivity index (χ0n) is 10.8. The van der Waals surface area contributed by atoms with Crippen LogP contribution in [0.1, 0.15) is 10.4 Å². The third-order valence-electron chi connectivity index (χ3n) is 3.05. The molecule has 3 aromatic rings. The lowest BCUT2D eigenvalue weighted by molar-refractivity contribution is -0.384. The molecular formula is C13H7N3O6. The maximum atomic E-state index is 11.8. The number of hydrogen-bond donors (Lipinski definition) is 2. The van der Waals surface area contributed by atoms with Crippen LogP contribution in [0.2, 0.25) is 0 Å². The van der Waals surface area contributed by atoms with E-state index in [0.29, 0.717) is 5.56 Å². The van der Waals surface area contributed by atoms with Crippen LogP contribution in [0.4, 0.5) is 5.69 Å². The Kier molecular flexibility index (Phi) is 2.95. The highest BCUT2D eigenvalue weighted by molar-refractivity contribution is 6.06. The van der Waals surface area contributed by atoms with Gasteiger partial charge in [-0.2, -0.15) is 0 Å². The number of aromatic amines is 1. The molecule has 0 bridgehead atoms. The summed E-state index contributed by atoms with van der Waals surface area (Å²) in [7, 11) is 0. The van der Waals surface area contributed by atoms with E-state index in [1.165, 1.54) is 24.3 Å². The summed E-state index contributed by atoms with van der Waals surface area (Å²) in [5.41, 5.74) is -0.944. The second kappa shape index (κ2) is 4.81. The number of hydrogen-bond acceptors (Lipinski definition) is 6. The van der Waals surface area contributed by atoms with E-state index >= 15 is 0 Å². The second-order valence-corrected chi connectivity index (χ2v) is 4.33. The molecule has 2 aromatic heterocycles. The molecule has 0 saturated carbocycles. The number of nitrogens with one attached hydrogen (secondary N) is 1. The first kappa shape index (κ1) is 13.5. The molecule has 0 atom stereocenters. The van der Waals surface area contributed by atoms with Gasteiger partial charge in [0.25, 0.3) is 11.2 Å². The minimum Gasteiger partial charge on any atom is -0.478 e. The number of benzene rings is 1. The van der Waals surface area contributed by atoms with E-state index < -0.39 is 16.5 Å². The number of non-ortho nitro benzene ring substituents is 1. The summed E-state index contributed by atoms with van der Waals surface area (Å²) < 4.78 is 5.35. The van der Waals surface area contributed by atoms with Gasteiger partial charge in [-0.1, -0.05) is 0 Å². The highest BCUT2D eigenvalue weighted by Crippen LogP contribution is 2.31. The van der Waals surface area contributed by atoms with Crippen molar-refractivity contribution in [3.05, 3.63) is 56.6 Å². The van der Waals surface area contributed by atoms with E-state index in [9.17, 15) is 24.8 Å². The normalized spacial score (nSPS) is 10.7. The Morgan fingerprint density at radius 2 is 2.00 bits per heavy atom. The zero-order chi connectivity index (χ0) is 15.9. The summed E-state index contributed by atoms with van der Waals surface area (Å²) in [5.74, 6) is -1.44. The smallest absolute Gasteiger partial charge is 0.340 e. The Balaban J connectivity index is 2.28. The van der Waals surface area contributed by atoms with Crippen LogP contribution in [-0.2, 0) is 0 Å². The number of aromatic carboxylic acids is 1. The van der Waals surface area contributed by atoms with Crippen molar-refractivity contribution in [2.45, 2.75) is 0 Å². The number of fused-ring (bicyclic) bond motifs is 1. The third-order valence-corrected chi connectivity index (χ3v) is 3.05. The molecule has 2 heterocycles. The van der Waals surface area contributed by atoms with E-state index in [2.05, 4.69) is 9.97 Å². The number of rotatable bonds is 3. The van der Waals surface area contributed by atoms with Gasteiger partial charge in [0.15, 0.2) is 5.76 Å². The number of aromatic nitrogens is 2. The summed E-state index contributed by atoms with van der Waals surface area (Å²) >= 11 is 0. The Hall–Kier alpha value is -3.49. The largest absolute Gasteiger partial charge is 0.478 e. The monoisotopic (exact) mass is 301 g/mol. The van der Waals surface area contributed by atoms with E-state index in [4.69, 9.17) is 4.42 Å². The molecule has 9 heteroatoms. The number of nitro groups is 1. The fourth-order valence-electron chi connectivity index (χ4n) is 2.08. The summed E-state index contributed by atoms with van der Waals surface area (Å²) in [6, 6.07) is 5.12. The Morgan fingerprint density at radius 3 is 2.59 bits per heavy atom. The predicted octanol–water partition coefficient (Wildman–Crippen LogP) is 1.79. The molecular weight excluding hydrogens is 294 g/mol. The minimum atomic E-state index is -1.36. The maximum Gasteiger partial charge on any atom is 0.340 e. The van der Waals surface area contributed by atoms with Crippen molar-refractivity contribution < 1.29 is 19.2 Å². The van der Waals surface area contributed by atoms with Crippen LogP contribution in [0.5, 0.6) is 0 Å². The van der Waals surface area contributed by atoms with Crippen LogP contribution in [0, 0.1) is 10.1 Å². The highest BCUT2D eigenvalue weighted by atomic mass is 16.6. The van der Waals surface area contributed by atoms with Gasteiger partial charge in [-0.25, -0.2) is 9.78 Å². The first-order valence-corrected chi connectivity index (χ1v) is 5.97. The molecule has 2 N–H and O–H groups in total. The van der Waals surface area contributed by atoms with Crippen molar-refractivity contribution in [2.75, 3.05) is 0 Å². The van der Waals surface area contributed by atoms with Gasteiger partial charge < -0.3 is 14.5 Å². The molecule has 0 aliphatic carbocycles. The summed E-state index contributed by atoms with van der Waals surface area (Å²) in [4.78, 5) is 39.4. The third kappa shape index (κ3) is 2.00. The zero-order valence-corrected chi connectivity index (χ0v) is 10.8. The van der Waals surface area contributed by atoms with Gasteiger partial charge in [-0.05, 0) is 12.1 Å². The average Bonchev–Trinajstić information content (AvgIpc) is 2.88. The first-order valence-electron chi connectivity index (χ1n) is 5.97. The molecule has 0 aliphatic rings. The lowest BCUT2D eigenvalue weighted by atomic mass is 10.1. The van der Waals surface area contributed by atoms with Gasteiger partial charge in [0.2, 0.25) is 5.71 Å². The molecule has 0 radical (unpaired) electrons. The average molecular weight is 301 g/mol. The fraction of sp³-hybridized carbons (Fsp3) is 0. The number of nitrogens with zero attached hydrogens (tertiary/aromatic N) is 2. The van der Waals surface area contributed by atoms with Gasteiger partial charge in [0.1, 0.15) is 10.9 Å². The van der Waals surface area contributed by atoms with E-state index in [-0.39, 0.29) is 28.1 Å². The van der Waals surface area contributed by atoms with Crippen molar-refractivity contribution in [1.29, 1.82) is 0 Å². The van der Waals surface area contributed by atoms with Crippen LogP contribution in [0.3, 0.4) is 0 Å². The topological polar surface area (TPSA) is 139 Å². The maximum absolute atomic E-state index is 11.8. The van der Waals surface area contributed by atoms with Gasteiger partial charge >= 0.3 is 5.97 Å². The number of carboxylic acid groups (broad SMARTS) is 1. The summed E-state index contributed by atoms with van der Waals surface area (Å²) in [5, 5.41) is 19.8. The van der Waals surface area contributed by atoms with Gasteiger partial charge in [-0.3, -0.25) is 14.9 Å². The molecule has 0 spiro atoms. The molecule has 0 aliphatic heterocycles. The van der Waals surface area contributed by atoms with Crippen molar-refractivity contribution in [1.82, 2.24) is 9.97 Å². The van der Waals surface area contributed by atoms with Gasteiger partial charge in [0, 0.05) is 17.7 Å². The summed E-state index contributed by atoms with van der Waals surface area (Å²) in [6.07, 6.45) is 1.10. The SMILES string of the molecule is O=C(O)c1c(-c2ccc([N+](=O)[O-])cc2)oc2nc[nH]c(=O)c12. The molecule has 110 valence electrons. The Bertz CT molecular complexity index is 954. The quantitative estimate of drug-likeness (QED) is 0.555. The van der Waals surface area contributed by atoms with E-state index in [1.54, 1.807) is 0 Å². The molecule has 9 nitrogen and oxygen atoms in total. The number of H-pyrrole nitrogens is 1. The van der Waals surface area contributed by atoms with Crippen molar-refractivity contribution in [2.24, 2.45) is 0 Å². The standard InChI is InChI=1S/C13H7N3O6/c17-11-9-8(13(18)19)10(22-12(9)15-5-14-11)6-1-3-7(4-2-6)16(20)21/h1-5H,(H,18,19)(H,14,15,17).